The summed E-state index contributed by atoms with van der Waals surface area (Å²) in [6, 6.07) is 0.0831. The van der Waals surface area contributed by atoms with E-state index in [1.807, 2.05) is 0 Å². The van der Waals surface area contributed by atoms with Crippen molar-refractivity contribution in [1.82, 2.24) is 10.2 Å². The Kier molecular flexibility index (Phi) is 5.70. The fourth-order valence-electron chi connectivity index (χ4n) is 1.77. The number of carbonyl (C=O) groups excluding carboxylic acids is 2. The number of methoxy groups -OCH3 is 2. The number of alkyl carbamates (subject to hydrolysis) is 1. The van der Waals surface area contributed by atoms with Gasteiger partial charge >= 0.3 is 12.1 Å². The van der Waals surface area contributed by atoms with Gasteiger partial charge in [0.25, 0.3) is 0 Å². The molecule has 1 fully saturated rings. The Balaban J connectivity index is 2.30. The van der Waals surface area contributed by atoms with Gasteiger partial charge in [-0.25, -0.2) is 4.79 Å². The number of carbonyl (C=O) groups is 2. The Morgan fingerprint density at radius 2 is 2.18 bits per heavy atom. The van der Waals surface area contributed by atoms with Crippen LogP contribution in [0.1, 0.15) is 6.42 Å². The van der Waals surface area contributed by atoms with E-state index in [4.69, 9.17) is 0 Å². The lowest BCUT2D eigenvalue weighted by molar-refractivity contribution is -0.140. The van der Waals surface area contributed by atoms with Crippen LogP contribution in [-0.2, 0) is 14.3 Å². The molecular weight excluding hydrogens is 292 g/mol. The third-order valence-corrected chi connectivity index (χ3v) is 3.32. The van der Waals surface area contributed by atoms with Crippen molar-refractivity contribution in [3.63, 3.8) is 0 Å². The predicted molar refractivity (Wildman–Crippen MR) is 65.1 cm³/mol. The molecule has 2 atom stereocenters. The number of nitrogens with zero attached hydrogens (tertiary/aromatic N) is 1. The zero-order chi connectivity index (χ0) is 12.8. The summed E-state index contributed by atoms with van der Waals surface area (Å²) in [7, 11) is 2.70. The molecule has 0 aromatic carbocycles. The van der Waals surface area contributed by atoms with Crippen molar-refractivity contribution in [2.45, 2.75) is 17.3 Å². The van der Waals surface area contributed by atoms with Crippen LogP contribution in [0.25, 0.3) is 0 Å². The molecule has 1 aliphatic rings. The molecule has 1 rings (SSSR count). The number of halogens is 1. The van der Waals surface area contributed by atoms with Crippen molar-refractivity contribution in [2.75, 3.05) is 33.9 Å². The van der Waals surface area contributed by atoms with E-state index in [2.05, 4.69) is 35.6 Å². The molecule has 0 bridgehead atoms. The highest BCUT2D eigenvalue weighted by molar-refractivity contribution is 9.10. The number of ether oxygens (including phenoxy) is 2. The number of likely N-dealkylation sites (tertiary alicyclic amines) is 1. The molecule has 1 N–H and O–H groups in total. The zero-order valence-corrected chi connectivity index (χ0v) is 11.5. The van der Waals surface area contributed by atoms with E-state index in [0.717, 1.165) is 13.0 Å². The molecule has 1 aliphatic heterocycles. The summed E-state index contributed by atoms with van der Waals surface area (Å²) < 4.78 is 9.16. The Labute approximate surface area is 109 Å². The molecule has 0 aromatic heterocycles. The lowest BCUT2D eigenvalue weighted by Crippen LogP contribution is -2.39. The number of amides is 1. The van der Waals surface area contributed by atoms with E-state index < -0.39 is 6.09 Å². The topological polar surface area (TPSA) is 67.9 Å². The van der Waals surface area contributed by atoms with Crippen molar-refractivity contribution in [3.05, 3.63) is 0 Å². The lowest BCUT2D eigenvalue weighted by atomic mass is 10.3. The van der Waals surface area contributed by atoms with Gasteiger partial charge in [-0.05, 0) is 6.42 Å². The minimum atomic E-state index is -0.416. The number of hydrogen-bond acceptors (Lipinski definition) is 5. The first-order valence-corrected chi connectivity index (χ1v) is 6.27. The summed E-state index contributed by atoms with van der Waals surface area (Å²) in [6.07, 6.45) is 0.441. The highest BCUT2D eigenvalue weighted by Crippen LogP contribution is 2.13. The molecule has 6 nitrogen and oxygen atoms in total. The molecule has 0 aromatic rings. The Morgan fingerprint density at radius 3 is 2.76 bits per heavy atom. The summed E-state index contributed by atoms with van der Waals surface area (Å²) in [5.41, 5.74) is 0. The van der Waals surface area contributed by atoms with Crippen molar-refractivity contribution in [3.8, 4) is 0 Å². The van der Waals surface area contributed by atoms with Crippen molar-refractivity contribution in [2.24, 2.45) is 0 Å². The molecule has 98 valence electrons. The molecule has 17 heavy (non-hydrogen) atoms. The van der Waals surface area contributed by atoms with Crippen molar-refractivity contribution < 1.29 is 19.1 Å². The maximum absolute atomic E-state index is 11.2. The summed E-state index contributed by atoms with van der Waals surface area (Å²) in [4.78, 5) is 24.0. The molecule has 0 spiro atoms. The first-order chi connectivity index (χ1) is 8.06. The van der Waals surface area contributed by atoms with Crippen LogP contribution in [0.4, 0.5) is 4.79 Å². The van der Waals surface area contributed by atoms with Gasteiger partial charge in [0.1, 0.15) is 4.83 Å². The van der Waals surface area contributed by atoms with Gasteiger partial charge in [0, 0.05) is 25.7 Å². The first-order valence-electron chi connectivity index (χ1n) is 5.35. The van der Waals surface area contributed by atoms with E-state index in [9.17, 15) is 9.59 Å². The highest BCUT2D eigenvalue weighted by atomic mass is 79.9. The maximum atomic E-state index is 11.2. The lowest BCUT2D eigenvalue weighted by Gasteiger charge is -2.18. The van der Waals surface area contributed by atoms with E-state index >= 15 is 0 Å². The summed E-state index contributed by atoms with van der Waals surface area (Å²) in [5.74, 6) is -0.283. The van der Waals surface area contributed by atoms with Gasteiger partial charge in [0.2, 0.25) is 0 Å². The quantitative estimate of drug-likeness (QED) is 0.600. The van der Waals surface area contributed by atoms with Crippen LogP contribution in [0.15, 0.2) is 0 Å². The van der Waals surface area contributed by atoms with Gasteiger partial charge < -0.3 is 14.8 Å². The van der Waals surface area contributed by atoms with Crippen molar-refractivity contribution >= 4 is 28.0 Å². The van der Waals surface area contributed by atoms with E-state index in [0.29, 0.717) is 13.1 Å². The first kappa shape index (κ1) is 14.2. The smallest absolute Gasteiger partial charge is 0.407 e. The van der Waals surface area contributed by atoms with Crippen LogP contribution in [0.2, 0.25) is 0 Å². The van der Waals surface area contributed by atoms with E-state index in [1.165, 1.54) is 14.2 Å². The number of esters is 1. The molecule has 0 aliphatic carbocycles. The van der Waals surface area contributed by atoms with Crippen molar-refractivity contribution in [1.29, 1.82) is 0 Å². The Hall–Kier alpha value is -0.820. The Bertz CT molecular complexity index is 287. The summed E-state index contributed by atoms with van der Waals surface area (Å²) in [6.45, 7) is 2.13. The van der Waals surface area contributed by atoms with Crippen LogP contribution in [0.5, 0.6) is 0 Å². The maximum Gasteiger partial charge on any atom is 0.407 e. The standard InChI is InChI=1S/C10H17BrN2O4/c1-16-9(14)8(11)6-13-4-3-7(5-13)12-10(15)17-2/h7-8H,3-6H2,1-2H3,(H,12,15). The number of alkyl halides is 1. The SMILES string of the molecule is COC(=O)NC1CCN(CC(Br)C(=O)OC)C1. The molecule has 7 heteroatoms. The molecule has 0 radical (unpaired) electrons. The van der Waals surface area contributed by atoms with Gasteiger partial charge in [0.05, 0.1) is 14.2 Å². The van der Waals surface area contributed by atoms with Gasteiger partial charge in [0.15, 0.2) is 0 Å². The van der Waals surface area contributed by atoms with E-state index in [1.54, 1.807) is 0 Å². The second-order valence-corrected chi connectivity index (χ2v) is 4.98. The van der Waals surface area contributed by atoms with E-state index in [-0.39, 0.29) is 16.8 Å². The molecular formula is C10H17BrN2O4. The minimum Gasteiger partial charge on any atom is -0.468 e. The monoisotopic (exact) mass is 308 g/mol. The number of nitrogens with one attached hydrogen (secondary N) is 1. The average Bonchev–Trinajstić information content (AvgIpc) is 2.75. The zero-order valence-electron chi connectivity index (χ0n) is 9.94. The summed E-state index contributed by atoms with van der Waals surface area (Å²) in [5, 5.41) is 2.74. The van der Waals surface area contributed by atoms with Gasteiger partial charge in [-0.2, -0.15) is 0 Å². The second kappa shape index (κ2) is 6.80. The molecule has 1 saturated heterocycles. The number of rotatable bonds is 4. The highest BCUT2D eigenvalue weighted by Gasteiger charge is 2.27. The second-order valence-electron chi connectivity index (χ2n) is 3.87. The van der Waals surface area contributed by atoms with Gasteiger partial charge in [-0.1, -0.05) is 15.9 Å². The van der Waals surface area contributed by atoms with Crippen LogP contribution >= 0.6 is 15.9 Å². The van der Waals surface area contributed by atoms with Crippen LogP contribution in [-0.4, -0.2) is 61.7 Å². The third kappa shape index (κ3) is 4.51. The number of hydrogen-bond donors (Lipinski definition) is 1. The largest absolute Gasteiger partial charge is 0.468 e. The fourth-order valence-corrected chi connectivity index (χ4v) is 2.37. The van der Waals surface area contributed by atoms with Gasteiger partial charge in [-0.3, -0.25) is 9.69 Å². The van der Waals surface area contributed by atoms with Crippen LogP contribution < -0.4 is 5.32 Å². The molecule has 1 heterocycles. The Morgan fingerprint density at radius 1 is 1.47 bits per heavy atom. The minimum absolute atomic E-state index is 0.0831. The molecule has 2 unspecified atom stereocenters. The summed E-state index contributed by atoms with van der Waals surface area (Å²) >= 11 is 3.27. The average molecular weight is 309 g/mol. The molecule has 0 saturated carbocycles. The predicted octanol–water partition coefficient (Wildman–Crippen LogP) is 0.353. The van der Waals surface area contributed by atoms with Gasteiger partial charge in [-0.15, -0.1) is 0 Å². The third-order valence-electron chi connectivity index (χ3n) is 2.66. The van der Waals surface area contributed by atoms with Crippen LogP contribution in [0.3, 0.4) is 0 Å². The fraction of sp³-hybridized carbons (Fsp3) is 0.800. The normalized spacial score (nSPS) is 21.9. The molecule has 1 amide bonds. The van der Waals surface area contributed by atoms with Crippen LogP contribution in [0, 0.1) is 0 Å².